The number of hydrogen-bond donors (Lipinski definition) is 0. The lowest BCUT2D eigenvalue weighted by Gasteiger charge is -2.10. The Kier molecular flexibility index (Phi) is 2.97. The highest BCUT2D eigenvalue weighted by Crippen LogP contribution is 2.30. The highest BCUT2D eigenvalue weighted by molar-refractivity contribution is 7.18. The van der Waals surface area contributed by atoms with E-state index in [1.165, 1.54) is 4.70 Å². The summed E-state index contributed by atoms with van der Waals surface area (Å²) in [7, 11) is 0. The summed E-state index contributed by atoms with van der Waals surface area (Å²) in [5, 5.41) is 8.82. The number of pyridine rings is 1. The quantitative estimate of drug-likeness (QED) is 0.568. The van der Waals surface area contributed by atoms with Gasteiger partial charge in [-0.3, -0.25) is 4.57 Å². The molecule has 4 aromatic rings. The molecule has 1 aromatic carbocycles. The van der Waals surface area contributed by atoms with Gasteiger partial charge < -0.3 is 0 Å². The fraction of sp³-hybridized carbons (Fsp3) is 0.125. The maximum Gasteiger partial charge on any atom is 0.147 e. The van der Waals surface area contributed by atoms with Gasteiger partial charge in [-0.15, -0.1) is 21.5 Å². The first-order valence-corrected chi connectivity index (χ1v) is 7.71. The summed E-state index contributed by atoms with van der Waals surface area (Å²) in [6.07, 6.45) is 5.17. The maximum absolute atomic E-state index is 4.58. The molecule has 0 radical (unpaired) electrons. The van der Waals surface area contributed by atoms with Crippen LogP contribution in [-0.4, -0.2) is 24.7 Å². The fourth-order valence-electron chi connectivity index (χ4n) is 2.50. The maximum atomic E-state index is 4.58. The number of fused-ring (bicyclic) bond motifs is 1. The van der Waals surface area contributed by atoms with Crippen molar-refractivity contribution in [3.05, 3.63) is 53.7 Å². The van der Waals surface area contributed by atoms with E-state index in [1.807, 2.05) is 24.6 Å². The van der Waals surface area contributed by atoms with Crippen LogP contribution in [0.15, 0.2) is 43.1 Å². The van der Waals surface area contributed by atoms with Crippen LogP contribution < -0.4 is 0 Å². The van der Waals surface area contributed by atoms with Gasteiger partial charge in [-0.1, -0.05) is 6.07 Å². The van der Waals surface area contributed by atoms with Gasteiger partial charge in [0.05, 0.1) is 15.2 Å². The van der Waals surface area contributed by atoms with Crippen molar-refractivity contribution in [2.24, 2.45) is 0 Å². The first-order chi connectivity index (χ1) is 10.7. The van der Waals surface area contributed by atoms with Crippen LogP contribution in [0.4, 0.5) is 0 Å². The summed E-state index contributed by atoms with van der Waals surface area (Å²) in [5.74, 6) is 0.821. The van der Waals surface area contributed by atoms with Crippen LogP contribution >= 0.6 is 11.3 Å². The van der Waals surface area contributed by atoms with E-state index >= 15 is 0 Å². The molecule has 0 amide bonds. The van der Waals surface area contributed by atoms with E-state index in [0.29, 0.717) is 0 Å². The number of benzene rings is 1. The number of aryl methyl sites for hydroxylation is 2. The summed E-state index contributed by atoms with van der Waals surface area (Å²) in [6.45, 7) is 4.07. The molecule has 0 spiro atoms. The van der Waals surface area contributed by atoms with E-state index in [2.05, 4.69) is 44.4 Å². The van der Waals surface area contributed by atoms with Gasteiger partial charge in [0.15, 0.2) is 0 Å². The molecular weight excluding hydrogens is 294 g/mol. The Morgan fingerprint density at radius 3 is 2.68 bits per heavy atom. The molecule has 0 aliphatic rings. The molecule has 0 saturated carbocycles. The van der Waals surface area contributed by atoms with E-state index in [0.717, 1.165) is 33.0 Å². The molecule has 5 nitrogen and oxygen atoms in total. The van der Waals surface area contributed by atoms with Gasteiger partial charge >= 0.3 is 0 Å². The van der Waals surface area contributed by atoms with Crippen molar-refractivity contribution in [1.82, 2.24) is 24.7 Å². The van der Waals surface area contributed by atoms with E-state index in [4.69, 9.17) is 0 Å². The Hall–Kier alpha value is -2.60. The number of rotatable bonds is 2. The third-order valence-electron chi connectivity index (χ3n) is 3.47. The van der Waals surface area contributed by atoms with Gasteiger partial charge in [-0.05, 0) is 43.2 Å². The largest absolute Gasteiger partial charge is 0.271 e. The molecule has 0 atom stereocenters. The zero-order valence-corrected chi connectivity index (χ0v) is 13.0. The van der Waals surface area contributed by atoms with Crippen molar-refractivity contribution in [3.8, 4) is 16.9 Å². The lowest BCUT2D eigenvalue weighted by molar-refractivity contribution is 0.989. The van der Waals surface area contributed by atoms with Gasteiger partial charge in [0.2, 0.25) is 0 Å². The van der Waals surface area contributed by atoms with E-state index in [-0.39, 0.29) is 0 Å². The molecule has 3 aromatic heterocycles. The predicted molar refractivity (Wildman–Crippen MR) is 87.2 cm³/mol. The Labute approximate surface area is 131 Å². The molecule has 0 aliphatic heterocycles. The van der Waals surface area contributed by atoms with Gasteiger partial charge in [-0.25, -0.2) is 9.97 Å². The molecule has 0 bridgehead atoms. The minimum absolute atomic E-state index is 0.821. The zero-order chi connectivity index (χ0) is 15.1. The standard InChI is InChI=1S/C16H13N5S/c1-10-5-13(16(17-7-10)21-8-18-19-9-21)12-3-4-15-14(6-12)20-11(2)22-15/h3-9H,1-2H3. The molecule has 0 saturated heterocycles. The molecule has 0 unspecified atom stereocenters. The van der Waals surface area contributed by atoms with Crippen molar-refractivity contribution in [1.29, 1.82) is 0 Å². The van der Waals surface area contributed by atoms with Crippen LogP contribution in [0, 0.1) is 13.8 Å². The van der Waals surface area contributed by atoms with Crippen LogP contribution in [0.25, 0.3) is 27.2 Å². The van der Waals surface area contributed by atoms with Gasteiger partial charge in [-0.2, -0.15) is 0 Å². The summed E-state index contributed by atoms with van der Waals surface area (Å²) < 4.78 is 3.03. The van der Waals surface area contributed by atoms with Crippen LogP contribution in [0.2, 0.25) is 0 Å². The second-order valence-corrected chi connectivity index (χ2v) is 6.40. The number of nitrogens with zero attached hydrogens (tertiary/aromatic N) is 5. The molecule has 0 aliphatic carbocycles. The first-order valence-electron chi connectivity index (χ1n) is 6.90. The first kappa shape index (κ1) is 13.1. The van der Waals surface area contributed by atoms with E-state index < -0.39 is 0 Å². The van der Waals surface area contributed by atoms with Crippen molar-refractivity contribution in [3.63, 3.8) is 0 Å². The van der Waals surface area contributed by atoms with Gasteiger partial charge in [0.25, 0.3) is 0 Å². The Bertz CT molecular complexity index is 956. The van der Waals surface area contributed by atoms with Crippen molar-refractivity contribution in [2.45, 2.75) is 13.8 Å². The van der Waals surface area contributed by atoms with Crippen LogP contribution in [0.3, 0.4) is 0 Å². The van der Waals surface area contributed by atoms with Crippen molar-refractivity contribution in [2.75, 3.05) is 0 Å². The Morgan fingerprint density at radius 2 is 1.86 bits per heavy atom. The molecule has 108 valence electrons. The predicted octanol–water partition coefficient (Wildman–Crippen LogP) is 3.56. The normalized spacial score (nSPS) is 11.2. The Balaban J connectivity index is 1.94. The molecule has 6 heteroatoms. The molecule has 3 heterocycles. The van der Waals surface area contributed by atoms with Crippen LogP contribution in [-0.2, 0) is 0 Å². The lowest BCUT2D eigenvalue weighted by Crippen LogP contribution is -1.98. The summed E-state index contributed by atoms with van der Waals surface area (Å²) in [6, 6.07) is 8.48. The number of aromatic nitrogens is 5. The average Bonchev–Trinajstić information content (AvgIpc) is 3.14. The topological polar surface area (TPSA) is 56.5 Å². The second kappa shape index (κ2) is 4.99. The SMILES string of the molecule is Cc1cnc(-n2cnnc2)c(-c2ccc3sc(C)nc3c2)c1. The molecule has 4 rings (SSSR count). The summed E-state index contributed by atoms with van der Waals surface area (Å²) in [4.78, 5) is 9.13. The van der Waals surface area contributed by atoms with Gasteiger partial charge in [0, 0.05) is 11.8 Å². The summed E-state index contributed by atoms with van der Waals surface area (Å²) in [5.41, 5.74) is 4.28. The minimum atomic E-state index is 0.821. The second-order valence-electron chi connectivity index (χ2n) is 5.17. The average molecular weight is 307 g/mol. The van der Waals surface area contributed by atoms with Crippen molar-refractivity contribution >= 4 is 21.6 Å². The zero-order valence-electron chi connectivity index (χ0n) is 12.2. The van der Waals surface area contributed by atoms with Crippen molar-refractivity contribution < 1.29 is 0 Å². The minimum Gasteiger partial charge on any atom is -0.271 e. The molecule has 22 heavy (non-hydrogen) atoms. The fourth-order valence-corrected chi connectivity index (χ4v) is 3.31. The van der Waals surface area contributed by atoms with Crippen LogP contribution in [0.1, 0.15) is 10.6 Å². The Morgan fingerprint density at radius 1 is 1.05 bits per heavy atom. The van der Waals surface area contributed by atoms with E-state index in [9.17, 15) is 0 Å². The smallest absolute Gasteiger partial charge is 0.147 e. The van der Waals surface area contributed by atoms with E-state index in [1.54, 1.807) is 24.0 Å². The highest BCUT2D eigenvalue weighted by Gasteiger charge is 2.11. The van der Waals surface area contributed by atoms with Crippen LogP contribution in [0.5, 0.6) is 0 Å². The third kappa shape index (κ3) is 2.17. The molecule has 0 N–H and O–H groups in total. The number of hydrogen-bond acceptors (Lipinski definition) is 5. The highest BCUT2D eigenvalue weighted by atomic mass is 32.1. The lowest BCUT2D eigenvalue weighted by atomic mass is 10.0. The summed E-state index contributed by atoms with van der Waals surface area (Å²) >= 11 is 1.71. The third-order valence-corrected chi connectivity index (χ3v) is 4.42. The molecule has 0 fully saturated rings. The number of thiazole rings is 1. The molecular formula is C16H13N5S. The van der Waals surface area contributed by atoms with Gasteiger partial charge in [0.1, 0.15) is 18.5 Å². The monoisotopic (exact) mass is 307 g/mol.